The fourth-order valence-corrected chi connectivity index (χ4v) is 3.94. The van der Waals surface area contributed by atoms with E-state index in [-0.39, 0.29) is 45.9 Å². The molecule has 1 aliphatic heterocycles. The molecule has 2 aromatic rings. The van der Waals surface area contributed by atoms with Gasteiger partial charge in [-0.3, -0.25) is 10.1 Å². The third kappa shape index (κ3) is 5.09. The van der Waals surface area contributed by atoms with Gasteiger partial charge in [-0.2, -0.15) is 0 Å². The molecule has 0 unspecified atom stereocenters. The molecule has 0 atom stereocenters. The number of thioether (sulfide) groups is 1. The Morgan fingerprint density at radius 2 is 1.76 bits per heavy atom. The Balaban J connectivity index is 2.06. The lowest BCUT2D eigenvalue weighted by molar-refractivity contribution is -0.384. The highest BCUT2D eigenvalue weighted by atomic mass is 32.2. The zero-order chi connectivity index (χ0) is 24.1. The molecule has 0 aliphatic carbocycles. The van der Waals surface area contributed by atoms with E-state index in [2.05, 4.69) is 4.99 Å². The number of phenols is 1. The van der Waals surface area contributed by atoms with Crippen molar-refractivity contribution in [3.8, 4) is 17.2 Å². The van der Waals surface area contributed by atoms with Crippen LogP contribution in [0.1, 0.15) is 12.5 Å². The van der Waals surface area contributed by atoms with Crippen LogP contribution in [0.25, 0.3) is 6.08 Å². The van der Waals surface area contributed by atoms with Gasteiger partial charge in [-0.05, 0) is 42.8 Å². The summed E-state index contributed by atoms with van der Waals surface area (Å²) >= 11 is 1.02. The van der Waals surface area contributed by atoms with Gasteiger partial charge in [0.2, 0.25) is 5.75 Å². The van der Waals surface area contributed by atoms with Crippen LogP contribution in [0, 0.1) is 10.1 Å². The number of aliphatic hydroxyl groups is 1. The Morgan fingerprint density at radius 1 is 1.15 bits per heavy atom. The van der Waals surface area contributed by atoms with Gasteiger partial charge in [-0.15, -0.1) is 0 Å². The molecule has 0 spiro atoms. The zero-order valence-electron chi connectivity index (χ0n) is 17.9. The van der Waals surface area contributed by atoms with E-state index < -0.39 is 10.9 Å². The van der Waals surface area contributed by atoms with E-state index in [9.17, 15) is 25.1 Å². The second kappa shape index (κ2) is 10.1. The number of non-ortho nitro benzene ring substituents is 1. The first-order valence-corrected chi connectivity index (χ1v) is 10.4. The topological polar surface area (TPSA) is 141 Å². The molecule has 0 saturated heterocycles. The molecule has 10 nitrogen and oxygen atoms in total. The third-order valence-electron chi connectivity index (χ3n) is 4.46. The number of esters is 1. The third-order valence-corrected chi connectivity index (χ3v) is 5.48. The van der Waals surface area contributed by atoms with Crippen LogP contribution in [0.2, 0.25) is 0 Å². The molecule has 1 aliphatic rings. The minimum Gasteiger partial charge on any atom is -0.506 e. The predicted octanol–water partition coefficient (Wildman–Crippen LogP) is 4.51. The Labute approximate surface area is 193 Å². The first-order chi connectivity index (χ1) is 15.8. The number of phenolic OH excluding ortho intramolecular Hbond substituents is 1. The van der Waals surface area contributed by atoms with Crippen molar-refractivity contribution in [1.29, 1.82) is 0 Å². The molecular formula is C22H20N2O8S. The fraction of sp³-hybridized carbons (Fsp3) is 0.182. The Hall–Kier alpha value is -3.99. The van der Waals surface area contributed by atoms with Gasteiger partial charge in [0, 0.05) is 12.1 Å². The zero-order valence-corrected chi connectivity index (χ0v) is 18.7. The van der Waals surface area contributed by atoms with Crippen LogP contribution in [0.15, 0.2) is 57.6 Å². The van der Waals surface area contributed by atoms with Crippen molar-refractivity contribution in [1.82, 2.24) is 0 Å². The molecule has 1 heterocycles. The predicted molar refractivity (Wildman–Crippen MR) is 123 cm³/mol. The van der Waals surface area contributed by atoms with Crippen LogP contribution in [0.3, 0.4) is 0 Å². The van der Waals surface area contributed by atoms with Crippen molar-refractivity contribution in [2.75, 3.05) is 20.8 Å². The van der Waals surface area contributed by atoms with Crippen molar-refractivity contribution in [3.63, 3.8) is 0 Å². The first-order valence-electron chi connectivity index (χ1n) is 9.57. The quantitative estimate of drug-likeness (QED) is 0.338. The number of rotatable bonds is 7. The maximum atomic E-state index is 12.5. The van der Waals surface area contributed by atoms with Gasteiger partial charge < -0.3 is 24.4 Å². The second-order valence-corrected chi connectivity index (χ2v) is 7.55. The maximum absolute atomic E-state index is 12.5. The Kier molecular flexibility index (Phi) is 7.23. The number of benzene rings is 2. The molecule has 2 N–H and O–H groups in total. The number of carbonyl (C=O) groups is 1. The van der Waals surface area contributed by atoms with Crippen LogP contribution < -0.4 is 9.47 Å². The molecule has 0 amide bonds. The van der Waals surface area contributed by atoms with Gasteiger partial charge in [-0.1, -0.05) is 11.8 Å². The highest BCUT2D eigenvalue weighted by molar-refractivity contribution is 8.18. The molecule has 0 radical (unpaired) electrons. The molecule has 0 aromatic heterocycles. The average Bonchev–Trinajstić information content (AvgIpc) is 3.09. The SMILES string of the molecule is CCOC(=O)C1=C(O)C(=Cc2cc(OC)c(O)c(OC)c2)SC1=Nc1ccc([N+](=O)[O-])cc1. The normalized spacial score (nSPS) is 15.7. The average molecular weight is 472 g/mol. The number of carbonyl (C=O) groups excluding carboxylic acids is 1. The van der Waals surface area contributed by atoms with Gasteiger partial charge in [0.25, 0.3) is 5.69 Å². The largest absolute Gasteiger partial charge is 0.506 e. The number of hydrogen-bond donors (Lipinski definition) is 2. The standard InChI is InChI=1S/C22H20N2O8S/c1-4-32-22(27)18-20(26)17(11-12-9-15(30-2)19(25)16(10-12)31-3)33-21(18)23-13-5-7-14(8-6-13)24(28)29/h5-11,25-26H,4H2,1-3H3. The molecule has 0 fully saturated rings. The monoisotopic (exact) mass is 472 g/mol. The lowest BCUT2D eigenvalue weighted by Crippen LogP contribution is -2.12. The summed E-state index contributed by atoms with van der Waals surface area (Å²) in [5.41, 5.74) is 0.657. The van der Waals surface area contributed by atoms with E-state index in [1.165, 1.54) is 50.6 Å². The number of aromatic hydroxyl groups is 1. The number of nitro benzene ring substituents is 1. The van der Waals surface area contributed by atoms with Gasteiger partial charge in [0.1, 0.15) is 16.4 Å². The Morgan fingerprint density at radius 3 is 2.27 bits per heavy atom. The van der Waals surface area contributed by atoms with Gasteiger partial charge in [-0.25, -0.2) is 9.79 Å². The first kappa shape index (κ1) is 23.7. The number of methoxy groups -OCH3 is 2. The van der Waals surface area contributed by atoms with Crippen LogP contribution in [-0.4, -0.2) is 47.0 Å². The minimum atomic E-state index is -0.757. The smallest absolute Gasteiger partial charge is 0.344 e. The number of hydrogen-bond acceptors (Lipinski definition) is 10. The molecule has 172 valence electrons. The van der Waals surface area contributed by atoms with Crippen LogP contribution in [0.5, 0.6) is 17.2 Å². The van der Waals surface area contributed by atoms with E-state index in [4.69, 9.17) is 14.2 Å². The summed E-state index contributed by atoms with van der Waals surface area (Å²) < 4.78 is 15.4. The lowest BCUT2D eigenvalue weighted by Gasteiger charge is -2.10. The summed E-state index contributed by atoms with van der Waals surface area (Å²) in [6, 6.07) is 8.52. The summed E-state index contributed by atoms with van der Waals surface area (Å²) in [5.74, 6) is -0.928. The summed E-state index contributed by atoms with van der Waals surface area (Å²) in [7, 11) is 2.78. The van der Waals surface area contributed by atoms with Gasteiger partial charge >= 0.3 is 5.97 Å². The molecule has 3 rings (SSSR count). The molecule has 0 bridgehead atoms. The molecule has 2 aromatic carbocycles. The Bertz CT molecular complexity index is 1160. The van der Waals surface area contributed by atoms with E-state index in [0.717, 1.165) is 11.8 Å². The summed E-state index contributed by atoms with van der Waals surface area (Å²) in [4.78, 5) is 27.5. The maximum Gasteiger partial charge on any atom is 0.344 e. The highest BCUT2D eigenvalue weighted by Crippen LogP contribution is 2.42. The molecule has 11 heteroatoms. The number of nitrogens with zero attached hydrogens (tertiary/aromatic N) is 2. The number of ether oxygens (including phenoxy) is 3. The summed E-state index contributed by atoms with van der Waals surface area (Å²) in [6.07, 6.45) is 1.57. The van der Waals surface area contributed by atoms with Crippen molar-refractivity contribution in [2.24, 2.45) is 4.99 Å². The second-order valence-electron chi connectivity index (χ2n) is 6.52. The van der Waals surface area contributed by atoms with Crippen molar-refractivity contribution in [2.45, 2.75) is 6.92 Å². The number of nitro groups is 1. The lowest BCUT2D eigenvalue weighted by atomic mass is 10.1. The van der Waals surface area contributed by atoms with Crippen LogP contribution >= 0.6 is 11.8 Å². The molecule has 33 heavy (non-hydrogen) atoms. The van der Waals surface area contributed by atoms with E-state index in [1.54, 1.807) is 13.0 Å². The van der Waals surface area contributed by atoms with E-state index >= 15 is 0 Å². The van der Waals surface area contributed by atoms with Crippen LogP contribution in [0.4, 0.5) is 11.4 Å². The van der Waals surface area contributed by atoms with Gasteiger partial charge in [0.05, 0.1) is 36.3 Å². The number of aliphatic imine (C=N–C) groups is 1. The van der Waals surface area contributed by atoms with E-state index in [1.807, 2.05) is 0 Å². The van der Waals surface area contributed by atoms with Crippen LogP contribution in [-0.2, 0) is 9.53 Å². The summed E-state index contributed by atoms with van der Waals surface area (Å²) in [5, 5.41) is 31.9. The minimum absolute atomic E-state index is 0.0937. The fourth-order valence-electron chi connectivity index (χ4n) is 2.91. The van der Waals surface area contributed by atoms with Crippen molar-refractivity contribution >= 4 is 40.2 Å². The van der Waals surface area contributed by atoms with Crippen molar-refractivity contribution in [3.05, 3.63) is 68.3 Å². The van der Waals surface area contributed by atoms with Gasteiger partial charge in [0.15, 0.2) is 11.5 Å². The van der Waals surface area contributed by atoms with Crippen molar-refractivity contribution < 1.29 is 34.1 Å². The van der Waals surface area contributed by atoms with E-state index in [0.29, 0.717) is 16.2 Å². The highest BCUT2D eigenvalue weighted by Gasteiger charge is 2.33. The molecule has 0 saturated carbocycles. The summed E-state index contributed by atoms with van der Waals surface area (Å²) in [6.45, 7) is 1.73. The number of aliphatic hydroxyl groups excluding tert-OH is 1. The molecular weight excluding hydrogens is 452 g/mol.